The molecule has 0 atom stereocenters. The molecule has 1 heterocycles. The van der Waals surface area contributed by atoms with Crippen LogP contribution in [0.2, 0.25) is 0 Å². The van der Waals surface area contributed by atoms with E-state index in [1.807, 2.05) is 0 Å². The van der Waals surface area contributed by atoms with Gasteiger partial charge >= 0.3 is 0 Å². The standard InChI is InChI=1S/C17H31NO3/c1-2-3-4-14-5-7-15(8-6-14)16(20)18-17(13-19)9-11-21-12-10-17/h14-15,19H,2-13H2,1H3,(H,18,20). The van der Waals surface area contributed by atoms with Crippen LogP contribution in [0.25, 0.3) is 0 Å². The molecule has 1 amide bonds. The Bertz CT molecular complexity index is 318. The monoisotopic (exact) mass is 297 g/mol. The number of nitrogens with one attached hydrogen (secondary N) is 1. The number of hydrogen-bond donors (Lipinski definition) is 2. The van der Waals surface area contributed by atoms with Crippen LogP contribution in [0.15, 0.2) is 0 Å². The van der Waals surface area contributed by atoms with Gasteiger partial charge in [-0.3, -0.25) is 4.79 Å². The van der Waals surface area contributed by atoms with Crippen molar-refractivity contribution in [1.29, 1.82) is 0 Å². The highest BCUT2D eigenvalue weighted by Gasteiger charge is 2.36. The maximum atomic E-state index is 12.5. The Morgan fingerprint density at radius 3 is 2.48 bits per heavy atom. The number of rotatable bonds is 6. The normalized spacial score (nSPS) is 29.0. The van der Waals surface area contributed by atoms with E-state index in [-0.39, 0.29) is 18.4 Å². The summed E-state index contributed by atoms with van der Waals surface area (Å²) in [6, 6.07) is 0. The fourth-order valence-electron chi connectivity index (χ4n) is 3.65. The molecule has 0 bridgehead atoms. The lowest BCUT2D eigenvalue weighted by Gasteiger charge is -2.38. The fourth-order valence-corrected chi connectivity index (χ4v) is 3.65. The minimum atomic E-state index is -0.436. The quantitative estimate of drug-likeness (QED) is 0.792. The zero-order valence-electron chi connectivity index (χ0n) is 13.4. The first-order valence-corrected chi connectivity index (χ1v) is 8.70. The average molecular weight is 297 g/mol. The van der Waals surface area contributed by atoms with Crippen LogP contribution in [0, 0.1) is 11.8 Å². The molecule has 1 saturated heterocycles. The van der Waals surface area contributed by atoms with Crippen molar-refractivity contribution < 1.29 is 14.6 Å². The molecule has 2 rings (SSSR count). The second kappa shape index (κ2) is 8.14. The molecule has 0 aromatic carbocycles. The zero-order valence-corrected chi connectivity index (χ0v) is 13.4. The Morgan fingerprint density at radius 2 is 1.90 bits per heavy atom. The third kappa shape index (κ3) is 4.68. The van der Waals surface area contributed by atoms with Gasteiger partial charge in [-0.1, -0.05) is 26.2 Å². The van der Waals surface area contributed by atoms with Crippen LogP contribution >= 0.6 is 0 Å². The zero-order chi connectivity index (χ0) is 15.1. The van der Waals surface area contributed by atoms with Crippen molar-refractivity contribution in [2.24, 2.45) is 11.8 Å². The summed E-state index contributed by atoms with van der Waals surface area (Å²) in [5.41, 5.74) is -0.436. The van der Waals surface area contributed by atoms with E-state index < -0.39 is 5.54 Å². The summed E-state index contributed by atoms with van der Waals surface area (Å²) in [5.74, 6) is 1.12. The number of aliphatic hydroxyl groups is 1. The highest BCUT2D eigenvalue weighted by Crippen LogP contribution is 2.32. The molecular weight excluding hydrogens is 266 g/mol. The molecule has 0 aromatic heterocycles. The van der Waals surface area contributed by atoms with Crippen LogP contribution in [-0.4, -0.2) is 36.4 Å². The number of aliphatic hydroxyl groups excluding tert-OH is 1. The Balaban J connectivity index is 1.78. The van der Waals surface area contributed by atoms with Gasteiger partial charge in [-0.25, -0.2) is 0 Å². The molecule has 122 valence electrons. The summed E-state index contributed by atoms with van der Waals surface area (Å²) in [6.45, 7) is 3.52. The van der Waals surface area contributed by atoms with Gasteiger partial charge in [-0.2, -0.15) is 0 Å². The highest BCUT2D eigenvalue weighted by molar-refractivity contribution is 5.79. The van der Waals surface area contributed by atoms with Crippen LogP contribution in [-0.2, 0) is 9.53 Å². The molecule has 0 aromatic rings. The molecule has 0 radical (unpaired) electrons. The van der Waals surface area contributed by atoms with Crippen molar-refractivity contribution in [3.05, 3.63) is 0 Å². The first-order valence-electron chi connectivity index (χ1n) is 8.70. The summed E-state index contributed by atoms with van der Waals surface area (Å²) < 4.78 is 5.34. The first kappa shape index (κ1) is 16.8. The highest BCUT2D eigenvalue weighted by atomic mass is 16.5. The lowest BCUT2D eigenvalue weighted by molar-refractivity contribution is -0.130. The SMILES string of the molecule is CCCCC1CCC(C(=O)NC2(CO)CCOCC2)CC1. The molecule has 1 aliphatic carbocycles. The molecule has 1 saturated carbocycles. The van der Waals surface area contributed by atoms with Crippen molar-refractivity contribution in [3.63, 3.8) is 0 Å². The van der Waals surface area contributed by atoms with Gasteiger partial charge in [0.15, 0.2) is 0 Å². The van der Waals surface area contributed by atoms with Crippen molar-refractivity contribution in [3.8, 4) is 0 Å². The number of carbonyl (C=O) groups excluding carboxylic acids is 1. The summed E-state index contributed by atoms with van der Waals surface area (Å²) in [5, 5.41) is 12.8. The Kier molecular flexibility index (Phi) is 6.49. The van der Waals surface area contributed by atoms with Crippen LogP contribution in [0.5, 0.6) is 0 Å². The summed E-state index contributed by atoms with van der Waals surface area (Å²) in [4.78, 5) is 12.5. The minimum Gasteiger partial charge on any atom is -0.394 e. The first-order chi connectivity index (χ1) is 10.2. The van der Waals surface area contributed by atoms with E-state index in [9.17, 15) is 9.90 Å². The second-order valence-electron chi connectivity index (χ2n) is 6.90. The number of ether oxygens (including phenoxy) is 1. The van der Waals surface area contributed by atoms with E-state index in [1.54, 1.807) is 0 Å². The predicted octanol–water partition coefficient (Wildman–Crippen LogP) is 2.64. The van der Waals surface area contributed by atoms with E-state index in [4.69, 9.17) is 4.74 Å². The van der Waals surface area contributed by atoms with Gasteiger partial charge in [0.1, 0.15) is 0 Å². The molecule has 0 spiro atoms. The van der Waals surface area contributed by atoms with Gasteiger partial charge in [-0.05, 0) is 44.4 Å². The van der Waals surface area contributed by atoms with Crippen LogP contribution in [0.4, 0.5) is 0 Å². The average Bonchev–Trinajstić information content (AvgIpc) is 2.54. The van der Waals surface area contributed by atoms with Gasteiger partial charge in [0.05, 0.1) is 12.1 Å². The van der Waals surface area contributed by atoms with E-state index in [2.05, 4.69) is 12.2 Å². The molecular formula is C17H31NO3. The molecule has 2 N–H and O–H groups in total. The molecule has 4 heteroatoms. The maximum absolute atomic E-state index is 12.5. The van der Waals surface area contributed by atoms with Crippen molar-refractivity contribution >= 4 is 5.91 Å². The number of hydrogen-bond acceptors (Lipinski definition) is 3. The Morgan fingerprint density at radius 1 is 1.24 bits per heavy atom. The third-order valence-electron chi connectivity index (χ3n) is 5.32. The number of carbonyl (C=O) groups is 1. The third-order valence-corrected chi connectivity index (χ3v) is 5.32. The summed E-state index contributed by atoms with van der Waals surface area (Å²) in [6.07, 6.45) is 9.75. The van der Waals surface area contributed by atoms with Gasteiger partial charge in [-0.15, -0.1) is 0 Å². The van der Waals surface area contributed by atoms with Crippen molar-refractivity contribution in [2.75, 3.05) is 19.8 Å². The second-order valence-corrected chi connectivity index (χ2v) is 6.90. The van der Waals surface area contributed by atoms with Crippen LogP contribution < -0.4 is 5.32 Å². The van der Waals surface area contributed by atoms with E-state index in [1.165, 1.54) is 32.1 Å². The van der Waals surface area contributed by atoms with Gasteiger partial charge < -0.3 is 15.2 Å². The van der Waals surface area contributed by atoms with E-state index >= 15 is 0 Å². The molecule has 1 aliphatic heterocycles. The maximum Gasteiger partial charge on any atom is 0.223 e. The number of amides is 1. The van der Waals surface area contributed by atoms with Gasteiger partial charge in [0.25, 0.3) is 0 Å². The summed E-state index contributed by atoms with van der Waals surface area (Å²) >= 11 is 0. The van der Waals surface area contributed by atoms with Crippen molar-refractivity contribution in [2.45, 2.75) is 70.3 Å². The fraction of sp³-hybridized carbons (Fsp3) is 0.941. The van der Waals surface area contributed by atoms with Crippen molar-refractivity contribution in [1.82, 2.24) is 5.32 Å². The topological polar surface area (TPSA) is 58.6 Å². The molecule has 2 aliphatic rings. The largest absolute Gasteiger partial charge is 0.394 e. The molecule has 4 nitrogen and oxygen atoms in total. The van der Waals surface area contributed by atoms with E-state index in [0.29, 0.717) is 13.2 Å². The molecule has 0 unspecified atom stereocenters. The van der Waals surface area contributed by atoms with Crippen LogP contribution in [0.1, 0.15) is 64.7 Å². The summed E-state index contributed by atoms with van der Waals surface area (Å²) in [7, 11) is 0. The van der Waals surface area contributed by atoms with E-state index in [0.717, 1.165) is 31.6 Å². The van der Waals surface area contributed by atoms with Gasteiger partial charge in [0.2, 0.25) is 5.91 Å². The predicted molar refractivity (Wildman–Crippen MR) is 83.0 cm³/mol. The molecule has 21 heavy (non-hydrogen) atoms. The Labute approximate surface area is 128 Å². The van der Waals surface area contributed by atoms with Gasteiger partial charge in [0, 0.05) is 19.1 Å². The van der Waals surface area contributed by atoms with Crippen LogP contribution in [0.3, 0.4) is 0 Å². The molecule has 2 fully saturated rings. The lowest BCUT2D eigenvalue weighted by atomic mass is 9.79. The number of unbranched alkanes of at least 4 members (excludes halogenated alkanes) is 1. The Hall–Kier alpha value is -0.610. The lowest BCUT2D eigenvalue weighted by Crippen LogP contribution is -2.56. The smallest absolute Gasteiger partial charge is 0.223 e. The minimum absolute atomic E-state index is 0.0218.